The summed E-state index contributed by atoms with van der Waals surface area (Å²) in [5.74, 6) is 0. The summed E-state index contributed by atoms with van der Waals surface area (Å²) in [7, 11) is 1.63. The average Bonchev–Trinajstić information content (AvgIpc) is 2.31. The van der Waals surface area contributed by atoms with E-state index in [1.54, 1.807) is 26.3 Å². The third kappa shape index (κ3) is 4.89. The molecule has 1 heterocycles. The van der Waals surface area contributed by atoms with Crippen LogP contribution in [-0.4, -0.2) is 42.6 Å². The number of aliphatic hydroxyl groups is 1. The monoisotopic (exact) mass is 318 g/mol. The second-order valence-electron chi connectivity index (χ2n) is 4.15. The molecule has 2 N–H and O–H groups in total. The Kier molecular flexibility index (Phi) is 6.56. The first-order valence-corrected chi connectivity index (χ1v) is 6.58. The van der Waals surface area contributed by atoms with Crippen molar-refractivity contribution in [1.29, 1.82) is 0 Å². The SMILES string of the molecule is COCCNCC(O)Cn1cc(Br)cc(C)c1=O. The van der Waals surface area contributed by atoms with Crippen molar-refractivity contribution >= 4 is 15.9 Å². The van der Waals surface area contributed by atoms with Crippen molar-refractivity contribution < 1.29 is 9.84 Å². The highest BCUT2D eigenvalue weighted by Crippen LogP contribution is 2.08. The van der Waals surface area contributed by atoms with Crippen LogP contribution in [0.1, 0.15) is 5.56 Å². The third-order valence-electron chi connectivity index (χ3n) is 2.50. The molecule has 0 aliphatic heterocycles. The standard InChI is InChI=1S/C12H19BrN2O3/c1-9-5-10(13)7-15(12(9)17)8-11(16)6-14-3-4-18-2/h5,7,11,14,16H,3-4,6,8H2,1-2H3. The quantitative estimate of drug-likeness (QED) is 0.719. The van der Waals surface area contributed by atoms with Gasteiger partial charge in [-0.1, -0.05) is 0 Å². The number of rotatable bonds is 7. The van der Waals surface area contributed by atoms with Crippen LogP contribution in [0.3, 0.4) is 0 Å². The summed E-state index contributed by atoms with van der Waals surface area (Å²) in [6.07, 6.45) is 1.08. The van der Waals surface area contributed by atoms with E-state index >= 15 is 0 Å². The van der Waals surface area contributed by atoms with E-state index in [-0.39, 0.29) is 12.1 Å². The van der Waals surface area contributed by atoms with Crippen LogP contribution in [0, 0.1) is 6.92 Å². The highest BCUT2D eigenvalue weighted by Gasteiger charge is 2.08. The topological polar surface area (TPSA) is 63.5 Å². The molecule has 18 heavy (non-hydrogen) atoms. The number of hydrogen-bond donors (Lipinski definition) is 2. The zero-order valence-corrected chi connectivity index (χ0v) is 12.2. The van der Waals surface area contributed by atoms with Gasteiger partial charge in [-0.25, -0.2) is 0 Å². The van der Waals surface area contributed by atoms with Crippen molar-refractivity contribution in [3.63, 3.8) is 0 Å². The van der Waals surface area contributed by atoms with E-state index in [1.165, 1.54) is 4.57 Å². The molecule has 0 bridgehead atoms. The van der Waals surface area contributed by atoms with Gasteiger partial charge in [0.2, 0.25) is 0 Å². The van der Waals surface area contributed by atoms with Crippen LogP contribution < -0.4 is 10.9 Å². The van der Waals surface area contributed by atoms with E-state index in [0.29, 0.717) is 25.3 Å². The Hall–Kier alpha value is -0.690. The van der Waals surface area contributed by atoms with E-state index in [9.17, 15) is 9.90 Å². The number of aromatic nitrogens is 1. The highest BCUT2D eigenvalue weighted by atomic mass is 79.9. The smallest absolute Gasteiger partial charge is 0.253 e. The first-order valence-electron chi connectivity index (χ1n) is 5.79. The average molecular weight is 319 g/mol. The zero-order valence-electron chi connectivity index (χ0n) is 10.6. The summed E-state index contributed by atoms with van der Waals surface area (Å²) in [5.41, 5.74) is 0.582. The lowest BCUT2D eigenvalue weighted by Gasteiger charge is -2.14. The van der Waals surface area contributed by atoms with E-state index in [4.69, 9.17) is 4.74 Å². The van der Waals surface area contributed by atoms with Gasteiger partial charge in [0, 0.05) is 36.4 Å². The number of hydrogen-bond acceptors (Lipinski definition) is 4. The number of methoxy groups -OCH3 is 1. The number of nitrogens with one attached hydrogen (secondary N) is 1. The van der Waals surface area contributed by atoms with Crippen LogP contribution in [0.5, 0.6) is 0 Å². The minimum absolute atomic E-state index is 0.0749. The van der Waals surface area contributed by atoms with Crippen LogP contribution in [0.15, 0.2) is 21.5 Å². The van der Waals surface area contributed by atoms with E-state index in [0.717, 1.165) is 4.47 Å². The number of pyridine rings is 1. The summed E-state index contributed by atoms with van der Waals surface area (Å²) in [6, 6.07) is 1.77. The van der Waals surface area contributed by atoms with Crippen molar-refractivity contribution in [2.24, 2.45) is 0 Å². The molecule has 1 rings (SSSR count). The first-order chi connectivity index (χ1) is 8.54. The third-order valence-corrected chi connectivity index (χ3v) is 2.94. The van der Waals surface area contributed by atoms with Gasteiger partial charge in [-0.3, -0.25) is 4.79 Å². The molecule has 0 aliphatic rings. The highest BCUT2D eigenvalue weighted by molar-refractivity contribution is 9.10. The Bertz CT molecular complexity index is 434. The summed E-state index contributed by atoms with van der Waals surface area (Å²) in [6.45, 7) is 3.75. The fourth-order valence-corrected chi connectivity index (χ4v) is 2.20. The van der Waals surface area contributed by atoms with Crippen molar-refractivity contribution in [3.05, 3.63) is 32.7 Å². The molecule has 0 saturated heterocycles. The number of aryl methyl sites for hydroxylation is 1. The van der Waals surface area contributed by atoms with Gasteiger partial charge in [-0.2, -0.15) is 0 Å². The lowest BCUT2D eigenvalue weighted by atomic mass is 10.3. The molecule has 102 valence electrons. The maximum Gasteiger partial charge on any atom is 0.253 e. The van der Waals surface area contributed by atoms with Crippen LogP contribution >= 0.6 is 15.9 Å². The van der Waals surface area contributed by atoms with Crippen molar-refractivity contribution in [1.82, 2.24) is 9.88 Å². The molecule has 0 fully saturated rings. The van der Waals surface area contributed by atoms with E-state index in [2.05, 4.69) is 21.2 Å². The first kappa shape index (κ1) is 15.4. The summed E-state index contributed by atoms with van der Waals surface area (Å²) in [4.78, 5) is 11.8. The summed E-state index contributed by atoms with van der Waals surface area (Å²) < 4.78 is 7.24. The zero-order chi connectivity index (χ0) is 13.5. The summed E-state index contributed by atoms with van der Waals surface area (Å²) in [5, 5.41) is 12.9. The Morgan fingerprint density at radius 1 is 1.61 bits per heavy atom. The lowest BCUT2D eigenvalue weighted by Crippen LogP contribution is -2.35. The van der Waals surface area contributed by atoms with Gasteiger partial charge in [0.05, 0.1) is 19.3 Å². The largest absolute Gasteiger partial charge is 0.390 e. The number of aliphatic hydroxyl groups excluding tert-OH is 1. The van der Waals surface area contributed by atoms with Gasteiger partial charge in [-0.15, -0.1) is 0 Å². The van der Waals surface area contributed by atoms with Gasteiger partial charge in [0.15, 0.2) is 0 Å². The molecule has 0 amide bonds. The predicted molar refractivity (Wildman–Crippen MR) is 73.9 cm³/mol. The molecule has 0 aliphatic carbocycles. The lowest BCUT2D eigenvalue weighted by molar-refractivity contribution is 0.142. The second-order valence-corrected chi connectivity index (χ2v) is 5.07. The Labute approximate surface area is 115 Å². The van der Waals surface area contributed by atoms with Gasteiger partial charge in [0.1, 0.15) is 0 Å². The number of nitrogens with zero attached hydrogens (tertiary/aromatic N) is 1. The molecule has 0 saturated carbocycles. The maximum atomic E-state index is 11.8. The van der Waals surface area contributed by atoms with Crippen LogP contribution in [-0.2, 0) is 11.3 Å². The van der Waals surface area contributed by atoms with Crippen LogP contribution in [0.2, 0.25) is 0 Å². The molecule has 0 spiro atoms. The predicted octanol–water partition coefficient (Wildman–Crippen LogP) is 0.516. The van der Waals surface area contributed by atoms with Gasteiger partial charge >= 0.3 is 0 Å². The molecule has 5 nitrogen and oxygen atoms in total. The van der Waals surface area contributed by atoms with Crippen LogP contribution in [0.4, 0.5) is 0 Å². The second kappa shape index (κ2) is 7.68. The normalized spacial score (nSPS) is 12.7. The van der Waals surface area contributed by atoms with Crippen molar-refractivity contribution in [2.75, 3.05) is 26.8 Å². The molecule has 0 aromatic carbocycles. The van der Waals surface area contributed by atoms with Crippen LogP contribution in [0.25, 0.3) is 0 Å². The molecule has 1 unspecified atom stereocenters. The van der Waals surface area contributed by atoms with E-state index < -0.39 is 6.10 Å². The minimum atomic E-state index is -0.603. The van der Waals surface area contributed by atoms with Gasteiger partial charge in [-0.05, 0) is 28.9 Å². The number of halogens is 1. The van der Waals surface area contributed by atoms with E-state index in [1.807, 2.05) is 0 Å². The fourth-order valence-electron chi connectivity index (χ4n) is 1.61. The van der Waals surface area contributed by atoms with Crippen molar-refractivity contribution in [2.45, 2.75) is 19.6 Å². The molecule has 6 heteroatoms. The Morgan fingerprint density at radius 3 is 3.00 bits per heavy atom. The van der Waals surface area contributed by atoms with Crippen molar-refractivity contribution in [3.8, 4) is 0 Å². The fraction of sp³-hybridized carbons (Fsp3) is 0.583. The molecule has 1 aromatic heterocycles. The molecular formula is C12H19BrN2O3. The van der Waals surface area contributed by atoms with Gasteiger partial charge < -0.3 is 19.7 Å². The maximum absolute atomic E-state index is 11.8. The Morgan fingerprint density at radius 2 is 2.33 bits per heavy atom. The number of ether oxygens (including phenoxy) is 1. The molecule has 0 radical (unpaired) electrons. The van der Waals surface area contributed by atoms with Gasteiger partial charge in [0.25, 0.3) is 5.56 Å². The minimum Gasteiger partial charge on any atom is -0.390 e. The summed E-state index contributed by atoms with van der Waals surface area (Å²) >= 11 is 3.34. The molecule has 1 atom stereocenters. The molecular weight excluding hydrogens is 300 g/mol. The molecule has 1 aromatic rings. The Balaban J connectivity index is 2.54.